The van der Waals surface area contributed by atoms with Gasteiger partial charge in [0, 0.05) is 43.6 Å². The van der Waals surface area contributed by atoms with Crippen molar-refractivity contribution in [2.45, 2.75) is 30.6 Å². The lowest BCUT2D eigenvalue weighted by atomic mass is 9.95. The summed E-state index contributed by atoms with van der Waals surface area (Å²) in [5, 5.41) is 3.66. The van der Waals surface area contributed by atoms with Crippen LogP contribution in [0.3, 0.4) is 0 Å². The molecule has 0 bridgehead atoms. The molecule has 0 radical (unpaired) electrons. The van der Waals surface area contributed by atoms with Gasteiger partial charge in [0.2, 0.25) is 0 Å². The van der Waals surface area contributed by atoms with Crippen molar-refractivity contribution in [3.63, 3.8) is 0 Å². The Kier molecular flexibility index (Phi) is 6.86. The second-order valence-electron chi connectivity index (χ2n) is 7.72. The molecule has 4 nitrogen and oxygen atoms in total. The minimum absolute atomic E-state index is 0. The van der Waals surface area contributed by atoms with Crippen LogP contribution in [-0.4, -0.2) is 44.7 Å². The van der Waals surface area contributed by atoms with Crippen molar-refractivity contribution in [2.75, 3.05) is 33.8 Å². The Morgan fingerprint density at radius 1 is 1.14 bits per heavy atom. The standard InChI is InChI=1S/C23H29N3O.HI/c1-24-22(26-15-12-19(16-26)18-8-4-3-5-9-18)25-17-23(13-14-23)20-10-6-7-11-21(20)27-2;/h3-11,19H,12-17H2,1-2H3,(H,24,25);1H. The third kappa shape index (κ3) is 4.29. The molecule has 5 heteroatoms. The van der Waals surface area contributed by atoms with Crippen LogP contribution in [0.2, 0.25) is 0 Å². The number of benzene rings is 2. The van der Waals surface area contributed by atoms with Gasteiger partial charge in [-0.2, -0.15) is 0 Å². The van der Waals surface area contributed by atoms with E-state index in [1.165, 1.54) is 30.4 Å². The lowest BCUT2D eigenvalue weighted by Gasteiger charge is -2.25. The highest BCUT2D eigenvalue weighted by molar-refractivity contribution is 14.0. The van der Waals surface area contributed by atoms with Crippen molar-refractivity contribution in [3.8, 4) is 5.75 Å². The van der Waals surface area contributed by atoms with Gasteiger partial charge in [0.1, 0.15) is 5.75 Å². The predicted octanol–water partition coefficient (Wildman–Crippen LogP) is 4.41. The van der Waals surface area contributed by atoms with E-state index >= 15 is 0 Å². The highest BCUT2D eigenvalue weighted by Crippen LogP contribution is 2.50. The van der Waals surface area contributed by atoms with Gasteiger partial charge in [-0.1, -0.05) is 48.5 Å². The quantitative estimate of drug-likeness (QED) is 0.383. The summed E-state index contributed by atoms with van der Waals surface area (Å²) in [5.74, 6) is 2.61. The number of hydrogen-bond acceptors (Lipinski definition) is 2. The molecule has 1 heterocycles. The van der Waals surface area contributed by atoms with Crippen molar-refractivity contribution in [1.82, 2.24) is 10.2 Å². The number of para-hydroxylation sites is 1. The SMILES string of the molecule is CN=C(NCC1(c2ccccc2OC)CC1)N1CCC(c2ccccc2)C1.I. The molecule has 1 saturated carbocycles. The van der Waals surface area contributed by atoms with Crippen molar-refractivity contribution < 1.29 is 4.74 Å². The number of aliphatic imine (C=N–C) groups is 1. The molecule has 1 aliphatic heterocycles. The first kappa shape index (κ1) is 21.0. The zero-order valence-corrected chi connectivity index (χ0v) is 19.1. The monoisotopic (exact) mass is 491 g/mol. The summed E-state index contributed by atoms with van der Waals surface area (Å²) in [6.07, 6.45) is 3.58. The van der Waals surface area contributed by atoms with Crippen LogP contribution in [0.25, 0.3) is 0 Å². The number of methoxy groups -OCH3 is 1. The Morgan fingerprint density at radius 3 is 2.54 bits per heavy atom. The molecular formula is C23H30IN3O. The van der Waals surface area contributed by atoms with Gasteiger partial charge < -0.3 is 15.0 Å². The van der Waals surface area contributed by atoms with Crippen LogP contribution in [0.1, 0.15) is 36.3 Å². The second-order valence-corrected chi connectivity index (χ2v) is 7.72. The van der Waals surface area contributed by atoms with Gasteiger partial charge in [0.15, 0.2) is 5.96 Å². The van der Waals surface area contributed by atoms with Gasteiger partial charge in [-0.25, -0.2) is 0 Å². The summed E-state index contributed by atoms with van der Waals surface area (Å²) in [4.78, 5) is 6.96. The third-order valence-electron chi connectivity index (χ3n) is 6.09. The molecule has 28 heavy (non-hydrogen) atoms. The minimum Gasteiger partial charge on any atom is -0.496 e. The van der Waals surface area contributed by atoms with Crippen LogP contribution in [0.15, 0.2) is 59.6 Å². The van der Waals surface area contributed by atoms with Crippen LogP contribution in [0, 0.1) is 0 Å². The second kappa shape index (κ2) is 9.16. The van der Waals surface area contributed by atoms with E-state index in [2.05, 4.69) is 63.7 Å². The molecule has 150 valence electrons. The van der Waals surface area contributed by atoms with Gasteiger partial charge in [0.25, 0.3) is 0 Å². The van der Waals surface area contributed by atoms with Crippen LogP contribution < -0.4 is 10.1 Å². The first-order valence-electron chi connectivity index (χ1n) is 9.90. The third-order valence-corrected chi connectivity index (χ3v) is 6.09. The molecule has 1 saturated heterocycles. The predicted molar refractivity (Wildman–Crippen MR) is 126 cm³/mol. The minimum atomic E-state index is 0. The van der Waals surface area contributed by atoms with Crippen LogP contribution in [-0.2, 0) is 5.41 Å². The fraction of sp³-hybridized carbons (Fsp3) is 0.435. The summed E-state index contributed by atoms with van der Waals surface area (Å²) >= 11 is 0. The fourth-order valence-corrected chi connectivity index (χ4v) is 4.31. The topological polar surface area (TPSA) is 36.9 Å². The molecule has 0 aromatic heterocycles. The zero-order valence-electron chi connectivity index (χ0n) is 16.7. The maximum absolute atomic E-state index is 5.60. The van der Waals surface area contributed by atoms with Crippen molar-refractivity contribution in [2.24, 2.45) is 4.99 Å². The van der Waals surface area contributed by atoms with Crippen LogP contribution >= 0.6 is 24.0 Å². The number of halogens is 1. The van der Waals surface area contributed by atoms with Crippen molar-refractivity contribution >= 4 is 29.9 Å². The smallest absolute Gasteiger partial charge is 0.193 e. The van der Waals surface area contributed by atoms with E-state index in [1.807, 2.05) is 13.1 Å². The molecule has 2 fully saturated rings. The number of guanidine groups is 1. The maximum atomic E-state index is 5.60. The number of nitrogens with one attached hydrogen (secondary N) is 1. The Balaban J connectivity index is 0.00000225. The summed E-state index contributed by atoms with van der Waals surface area (Å²) in [7, 11) is 3.65. The Labute approximate surface area is 185 Å². The molecule has 0 spiro atoms. The molecule has 1 aliphatic carbocycles. The highest BCUT2D eigenvalue weighted by atomic mass is 127. The Hall–Kier alpha value is -1.76. The number of likely N-dealkylation sites (tertiary alicyclic amines) is 1. The summed E-state index contributed by atoms with van der Waals surface area (Å²) in [6, 6.07) is 19.3. The molecule has 2 aromatic rings. The number of ether oxygens (including phenoxy) is 1. The lowest BCUT2D eigenvalue weighted by molar-refractivity contribution is 0.402. The van der Waals surface area contributed by atoms with E-state index in [0.29, 0.717) is 5.92 Å². The van der Waals surface area contributed by atoms with Gasteiger partial charge in [-0.05, 0) is 30.9 Å². The van der Waals surface area contributed by atoms with Gasteiger partial charge >= 0.3 is 0 Å². The van der Waals surface area contributed by atoms with Crippen LogP contribution in [0.4, 0.5) is 0 Å². The van der Waals surface area contributed by atoms with E-state index in [-0.39, 0.29) is 29.4 Å². The van der Waals surface area contributed by atoms with E-state index in [0.717, 1.165) is 31.3 Å². The van der Waals surface area contributed by atoms with Crippen molar-refractivity contribution in [1.29, 1.82) is 0 Å². The number of rotatable bonds is 5. The fourth-order valence-electron chi connectivity index (χ4n) is 4.31. The molecular weight excluding hydrogens is 461 g/mol. The molecule has 2 aromatic carbocycles. The lowest BCUT2D eigenvalue weighted by Crippen LogP contribution is -2.43. The number of hydrogen-bond donors (Lipinski definition) is 1. The summed E-state index contributed by atoms with van der Waals surface area (Å²) in [5.41, 5.74) is 2.93. The molecule has 2 aliphatic rings. The highest BCUT2D eigenvalue weighted by Gasteiger charge is 2.46. The first-order valence-corrected chi connectivity index (χ1v) is 9.90. The Morgan fingerprint density at radius 2 is 1.86 bits per heavy atom. The average Bonchev–Trinajstić information content (AvgIpc) is 3.36. The molecule has 1 atom stereocenters. The molecule has 1 N–H and O–H groups in total. The zero-order chi connectivity index (χ0) is 18.7. The van der Waals surface area contributed by atoms with Gasteiger partial charge in [-0.3, -0.25) is 4.99 Å². The van der Waals surface area contributed by atoms with E-state index in [1.54, 1.807) is 7.11 Å². The maximum Gasteiger partial charge on any atom is 0.193 e. The van der Waals surface area contributed by atoms with Gasteiger partial charge in [-0.15, -0.1) is 24.0 Å². The van der Waals surface area contributed by atoms with E-state index in [4.69, 9.17) is 4.74 Å². The van der Waals surface area contributed by atoms with E-state index in [9.17, 15) is 0 Å². The van der Waals surface area contributed by atoms with E-state index < -0.39 is 0 Å². The largest absolute Gasteiger partial charge is 0.496 e. The summed E-state index contributed by atoms with van der Waals surface area (Å²) in [6.45, 7) is 3.00. The average molecular weight is 491 g/mol. The first-order chi connectivity index (χ1) is 13.3. The normalized spacial score (nSPS) is 20.4. The molecule has 4 rings (SSSR count). The molecule has 0 amide bonds. The van der Waals surface area contributed by atoms with Crippen molar-refractivity contribution in [3.05, 3.63) is 65.7 Å². The Bertz CT molecular complexity index is 805. The summed E-state index contributed by atoms with van der Waals surface area (Å²) < 4.78 is 5.60. The number of nitrogens with zero attached hydrogens (tertiary/aromatic N) is 2. The van der Waals surface area contributed by atoms with Crippen LogP contribution in [0.5, 0.6) is 5.75 Å². The van der Waals surface area contributed by atoms with Gasteiger partial charge in [0.05, 0.1) is 7.11 Å². The molecule has 1 unspecified atom stereocenters.